The van der Waals surface area contributed by atoms with E-state index < -0.39 is 0 Å². The van der Waals surface area contributed by atoms with E-state index in [-0.39, 0.29) is 5.82 Å². The monoisotopic (exact) mass is 311 g/mol. The lowest BCUT2D eigenvalue weighted by molar-refractivity contribution is 0.414. The van der Waals surface area contributed by atoms with Gasteiger partial charge in [0.2, 0.25) is 0 Å². The molecule has 3 rings (SSSR count). The van der Waals surface area contributed by atoms with Crippen LogP contribution in [0.15, 0.2) is 48.8 Å². The number of nitrogens with zero attached hydrogens (tertiary/aromatic N) is 3. The molecular weight excluding hydrogens is 293 g/mol. The van der Waals surface area contributed by atoms with E-state index in [2.05, 4.69) is 16.1 Å². The molecule has 0 unspecified atom stereocenters. The van der Waals surface area contributed by atoms with Crippen LogP contribution < -0.4 is 4.74 Å². The average molecular weight is 311 g/mol. The van der Waals surface area contributed by atoms with Gasteiger partial charge < -0.3 is 4.74 Å². The molecular formula is C18H18FN3O. The smallest absolute Gasteiger partial charge is 0.142 e. The minimum absolute atomic E-state index is 0.347. The molecule has 0 aliphatic heterocycles. The highest BCUT2D eigenvalue weighted by molar-refractivity contribution is 5.58. The second-order valence-corrected chi connectivity index (χ2v) is 5.39. The van der Waals surface area contributed by atoms with Gasteiger partial charge in [-0.1, -0.05) is 12.1 Å². The van der Waals surface area contributed by atoms with E-state index in [4.69, 9.17) is 4.74 Å². The third-order valence-electron chi connectivity index (χ3n) is 3.65. The van der Waals surface area contributed by atoms with Crippen LogP contribution in [0.1, 0.15) is 11.3 Å². The van der Waals surface area contributed by atoms with Crippen molar-refractivity contribution in [2.75, 3.05) is 7.11 Å². The maximum absolute atomic E-state index is 13.4. The van der Waals surface area contributed by atoms with Crippen molar-refractivity contribution < 1.29 is 9.13 Å². The Hall–Kier alpha value is -2.69. The van der Waals surface area contributed by atoms with Crippen LogP contribution in [0, 0.1) is 12.7 Å². The summed E-state index contributed by atoms with van der Waals surface area (Å²) < 4.78 is 20.6. The Morgan fingerprint density at radius 2 is 2.04 bits per heavy atom. The van der Waals surface area contributed by atoms with Gasteiger partial charge in [-0.3, -0.25) is 9.67 Å². The SMILES string of the molecule is COc1cccc(CCn2nc(C)cc2-c2cncc(F)c2)c1. The Morgan fingerprint density at radius 1 is 1.17 bits per heavy atom. The Balaban J connectivity index is 1.83. The molecule has 0 N–H and O–H groups in total. The molecule has 0 radical (unpaired) electrons. The van der Waals surface area contributed by atoms with Crippen LogP contribution in [0.4, 0.5) is 4.39 Å². The van der Waals surface area contributed by atoms with Gasteiger partial charge in [0.15, 0.2) is 0 Å². The van der Waals surface area contributed by atoms with Gasteiger partial charge >= 0.3 is 0 Å². The highest BCUT2D eigenvalue weighted by atomic mass is 19.1. The Labute approximate surface area is 134 Å². The normalized spacial score (nSPS) is 10.7. The van der Waals surface area contributed by atoms with Gasteiger partial charge in [-0.2, -0.15) is 5.10 Å². The Kier molecular flexibility index (Phi) is 4.37. The van der Waals surface area contributed by atoms with Crippen LogP contribution in [-0.4, -0.2) is 21.9 Å². The molecule has 2 heterocycles. The van der Waals surface area contributed by atoms with E-state index >= 15 is 0 Å². The molecule has 0 amide bonds. The highest BCUT2D eigenvalue weighted by Crippen LogP contribution is 2.21. The summed E-state index contributed by atoms with van der Waals surface area (Å²) >= 11 is 0. The number of aromatic nitrogens is 3. The number of benzene rings is 1. The average Bonchev–Trinajstić information content (AvgIpc) is 2.94. The van der Waals surface area contributed by atoms with Crippen molar-refractivity contribution in [3.8, 4) is 17.0 Å². The van der Waals surface area contributed by atoms with E-state index in [0.717, 1.165) is 29.1 Å². The summed E-state index contributed by atoms with van der Waals surface area (Å²) in [5.41, 5.74) is 3.67. The minimum Gasteiger partial charge on any atom is -0.497 e. The lowest BCUT2D eigenvalue weighted by Crippen LogP contribution is -2.05. The number of pyridine rings is 1. The lowest BCUT2D eigenvalue weighted by atomic mass is 10.1. The van der Waals surface area contributed by atoms with E-state index in [1.807, 2.05) is 35.9 Å². The minimum atomic E-state index is -0.347. The summed E-state index contributed by atoms with van der Waals surface area (Å²) in [6.07, 6.45) is 3.67. The fourth-order valence-corrected chi connectivity index (χ4v) is 2.56. The first-order valence-corrected chi connectivity index (χ1v) is 7.44. The van der Waals surface area contributed by atoms with Crippen molar-refractivity contribution >= 4 is 0 Å². The van der Waals surface area contributed by atoms with Crippen molar-refractivity contribution in [1.29, 1.82) is 0 Å². The molecule has 2 aromatic heterocycles. The molecule has 0 saturated heterocycles. The second-order valence-electron chi connectivity index (χ2n) is 5.39. The van der Waals surface area contributed by atoms with Crippen LogP contribution in [0.2, 0.25) is 0 Å². The van der Waals surface area contributed by atoms with Crippen molar-refractivity contribution in [2.24, 2.45) is 0 Å². The molecule has 0 bridgehead atoms. The third-order valence-corrected chi connectivity index (χ3v) is 3.65. The molecule has 0 saturated carbocycles. The second kappa shape index (κ2) is 6.60. The van der Waals surface area contributed by atoms with E-state index in [1.165, 1.54) is 17.8 Å². The molecule has 5 heteroatoms. The number of aryl methyl sites for hydroxylation is 3. The maximum atomic E-state index is 13.4. The summed E-state index contributed by atoms with van der Waals surface area (Å²) in [4.78, 5) is 3.92. The Bertz CT molecular complexity index is 814. The van der Waals surface area contributed by atoms with Gasteiger partial charge in [-0.05, 0) is 43.2 Å². The summed E-state index contributed by atoms with van der Waals surface area (Å²) in [5, 5.41) is 4.51. The summed E-state index contributed by atoms with van der Waals surface area (Å²) in [6, 6.07) is 11.4. The van der Waals surface area contributed by atoms with Crippen LogP contribution in [0.5, 0.6) is 5.75 Å². The molecule has 1 aromatic carbocycles. The van der Waals surface area contributed by atoms with Crippen molar-refractivity contribution in [3.05, 3.63) is 65.9 Å². The van der Waals surface area contributed by atoms with Gasteiger partial charge in [-0.25, -0.2) is 4.39 Å². The highest BCUT2D eigenvalue weighted by Gasteiger charge is 2.09. The molecule has 0 aliphatic carbocycles. The Morgan fingerprint density at radius 3 is 2.83 bits per heavy atom. The lowest BCUT2D eigenvalue weighted by Gasteiger charge is -2.08. The largest absolute Gasteiger partial charge is 0.497 e. The first kappa shape index (κ1) is 15.2. The molecule has 118 valence electrons. The number of ether oxygens (including phenoxy) is 1. The van der Waals surface area contributed by atoms with Crippen molar-refractivity contribution in [2.45, 2.75) is 19.9 Å². The zero-order valence-electron chi connectivity index (χ0n) is 13.2. The summed E-state index contributed by atoms with van der Waals surface area (Å²) in [7, 11) is 1.66. The van der Waals surface area contributed by atoms with Gasteiger partial charge in [0, 0.05) is 18.3 Å². The molecule has 3 aromatic rings. The molecule has 0 aliphatic rings. The first-order chi connectivity index (χ1) is 11.2. The van der Waals surface area contributed by atoms with E-state index in [9.17, 15) is 4.39 Å². The van der Waals surface area contributed by atoms with Gasteiger partial charge in [0.1, 0.15) is 11.6 Å². The molecule has 0 spiro atoms. The van der Waals surface area contributed by atoms with E-state index in [1.54, 1.807) is 13.3 Å². The molecule has 4 nitrogen and oxygen atoms in total. The van der Waals surface area contributed by atoms with Gasteiger partial charge in [0.05, 0.1) is 24.7 Å². The summed E-state index contributed by atoms with van der Waals surface area (Å²) in [5.74, 6) is 0.495. The number of methoxy groups -OCH3 is 1. The standard InChI is InChI=1S/C18H18FN3O/c1-13-8-18(15-10-16(19)12-20-11-15)22(21-13)7-6-14-4-3-5-17(9-14)23-2/h3-5,8-12H,6-7H2,1-2H3. The molecule has 0 fully saturated rings. The number of hydrogen-bond donors (Lipinski definition) is 0. The number of hydrogen-bond acceptors (Lipinski definition) is 3. The van der Waals surface area contributed by atoms with Crippen LogP contribution in [0.25, 0.3) is 11.3 Å². The zero-order chi connectivity index (χ0) is 16.2. The van der Waals surface area contributed by atoms with Crippen LogP contribution >= 0.6 is 0 Å². The van der Waals surface area contributed by atoms with Crippen molar-refractivity contribution in [3.63, 3.8) is 0 Å². The van der Waals surface area contributed by atoms with Crippen LogP contribution in [-0.2, 0) is 13.0 Å². The molecule has 0 atom stereocenters. The van der Waals surface area contributed by atoms with Gasteiger partial charge in [-0.15, -0.1) is 0 Å². The molecule has 23 heavy (non-hydrogen) atoms. The number of halogens is 1. The number of rotatable bonds is 5. The fraction of sp³-hybridized carbons (Fsp3) is 0.222. The quantitative estimate of drug-likeness (QED) is 0.722. The predicted molar refractivity (Wildman–Crippen MR) is 86.9 cm³/mol. The van der Waals surface area contributed by atoms with Crippen LogP contribution in [0.3, 0.4) is 0 Å². The maximum Gasteiger partial charge on any atom is 0.142 e. The topological polar surface area (TPSA) is 39.9 Å². The zero-order valence-corrected chi connectivity index (χ0v) is 13.2. The van der Waals surface area contributed by atoms with E-state index in [0.29, 0.717) is 6.54 Å². The fourth-order valence-electron chi connectivity index (χ4n) is 2.56. The van der Waals surface area contributed by atoms with Gasteiger partial charge in [0.25, 0.3) is 0 Å². The summed E-state index contributed by atoms with van der Waals surface area (Å²) in [6.45, 7) is 2.63. The predicted octanol–water partition coefficient (Wildman–Crippen LogP) is 3.64. The third kappa shape index (κ3) is 3.56. The first-order valence-electron chi connectivity index (χ1n) is 7.44. The van der Waals surface area contributed by atoms with Crippen molar-refractivity contribution in [1.82, 2.24) is 14.8 Å².